The molecule has 3 aromatic rings. The molecule has 3 heterocycles. The van der Waals surface area contributed by atoms with Gasteiger partial charge < -0.3 is 9.72 Å². The molecule has 27 heavy (non-hydrogen) atoms. The van der Waals surface area contributed by atoms with E-state index in [4.69, 9.17) is 4.74 Å². The summed E-state index contributed by atoms with van der Waals surface area (Å²) in [7, 11) is 0. The Bertz CT molecular complexity index is 1090. The van der Waals surface area contributed by atoms with Gasteiger partial charge in [0, 0.05) is 23.2 Å². The Hall–Kier alpha value is -3.23. The summed E-state index contributed by atoms with van der Waals surface area (Å²) in [6.07, 6.45) is 4.08. The average Bonchev–Trinajstić information content (AvgIpc) is 3.10. The number of pyridine rings is 1. The first-order valence-electron chi connectivity index (χ1n) is 8.73. The van der Waals surface area contributed by atoms with Gasteiger partial charge in [0.25, 0.3) is 0 Å². The summed E-state index contributed by atoms with van der Waals surface area (Å²) in [5, 5.41) is 0.778. The van der Waals surface area contributed by atoms with E-state index in [1.165, 1.54) is 0 Å². The molecule has 1 aromatic carbocycles. The van der Waals surface area contributed by atoms with Crippen molar-refractivity contribution in [2.45, 2.75) is 19.4 Å². The molecule has 1 atom stereocenters. The van der Waals surface area contributed by atoms with E-state index in [-0.39, 0.29) is 6.54 Å². The number of aromatic amines is 1. The molecule has 0 fully saturated rings. The van der Waals surface area contributed by atoms with Crippen molar-refractivity contribution in [1.82, 2.24) is 9.97 Å². The molecular formula is C22H18FN3O. The lowest BCUT2D eigenvalue weighted by Crippen LogP contribution is -2.30. The molecule has 1 aliphatic heterocycles. The average molecular weight is 359 g/mol. The number of hydrogen-bond acceptors (Lipinski definition) is 3. The fourth-order valence-corrected chi connectivity index (χ4v) is 2.80. The topological polar surface area (TPSA) is 50.3 Å². The lowest BCUT2D eigenvalue weighted by atomic mass is 10.1. The van der Waals surface area contributed by atoms with E-state index in [0.29, 0.717) is 18.7 Å². The largest absolute Gasteiger partial charge is 0.372 e. The van der Waals surface area contributed by atoms with E-state index in [9.17, 15) is 4.39 Å². The number of fused-ring (bicyclic) bond motifs is 1. The van der Waals surface area contributed by atoms with Gasteiger partial charge in [0.2, 0.25) is 0 Å². The molecule has 0 radical (unpaired) electrons. The van der Waals surface area contributed by atoms with Gasteiger partial charge in [-0.2, -0.15) is 0 Å². The van der Waals surface area contributed by atoms with Crippen LogP contribution < -0.4 is 10.7 Å². The van der Waals surface area contributed by atoms with Gasteiger partial charge in [0.1, 0.15) is 11.7 Å². The van der Waals surface area contributed by atoms with Gasteiger partial charge in [-0.25, -0.2) is 4.39 Å². The summed E-state index contributed by atoms with van der Waals surface area (Å²) < 4.78 is 19.0. The molecule has 0 bridgehead atoms. The highest BCUT2D eigenvalue weighted by Crippen LogP contribution is 2.07. The van der Waals surface area contributed by atoms with Crippen LogP contribution in [0.4, 0.5) is 4.39 Å². The molecule has 1 unspecified atom stereocenters. The SMILES string of the molecule is FC1C=c2cc(C#Cc3ccc(COCc4ccncc4)cc3)[nH]c2=NC1. The predicted octanol–water partition coefficient (Wildman–Crippen LogP) is 2.28. The Kier molecular flexibility index (Phi) is 5.08. The molecule has 1 N–H and O–H groups in total. The Labute approximate surface area is 156 Å². The van der Waals surface area contributed by atoms with Crippen molar-refractivity contribution in [2.24, 2.45) is 4.99 Å². The minimum atomic E-state index is -1.01. The third-order valence-electron chi connectivity index (χ3n) is 4.19. The molecule has 4 nitrogen and oxygen atoms in total. The Morgan fingerprint density at radius 2 is 1.78 bits per heavy atom. The molecule has 4 rings (SSSR count). The van der Waals surface area contributed by atoms with Gasteiger partial charge in [-0.05, 0) is 53.5 Å². The number of H-pyrrole nitrogens is 1. The quantitative estimate of drug-likeness (QED) is 0.727. The summed E-state index contributed by atoms with van der Waals surface area (Å²) in [6, 6.07) is 13.7. The van der Waals surface area contributed by atoms with Crippen LogP contribution in [0.25, 0.3) is 6.08 Å². The maximum absolute atomic E-state index is 13.3. The minimum absolute atomic E-state index is 0.172. The van der Waals surface area contributed by atoms with Crippen molar-refractivity contribution in [3.8, 4) is 11.8 Å². The van der Waals surface area contributed by atoms with E-state index >= 15 is 0 Å². The van der Waals surface area contributed by atoms with E-state index in [1.807, 2.05) is 42.5 Å². The molecule has 5 heteroatoms. The van der Waals surface area contributed by atoms with Crippen LogP contribution in [0, 0.1) is 11.8 Å². The van der Waals surface area contributed by atoms with Gasteiger partial charge in [-0.1, -0.05) is 18.1 Å². The summed E-state index contributed by atoms with van der Waals surface area (Å²) in [4.78, 5) is 11.3. The lowest BCUT2D eigenvalue weighted by Gasteiger charge is -2.04. The van der Waals surface area contributed by atoms with E-state index in [0.717, 1.165) is 27.6 Å². The smallest absolute Gasteiger partial charge is 0.139 e. The third kappa shape index (κ3) is 4.49. The van der Waals surface area contributed by atoms with Crippen molar-refractivity contribution >= 4 is 6.08 Å². The van der Waals surface area contributed by atoms with Crippen LogP contribution in [0.5, 0.6) is 0 Å². The van der Waals surface area contributed by atoms with Gasteiger partial charge in [-0.15, -0.1) is 0 Å². The van der Waals surface area contributed by atoms with E-state index in [2.05, 4.69) is 26.8 Å². The van der Waals surface area contributed by atoms with Gasteiger partial charge in [0.15, 0.2) is 0 Å². The van der Waals surface area contributed by atoms with Crippen LogP contribution in [-0.4, -0.2) is 22.7 Å². The predicted molar refractivity (Wildman–Crippen MR) is 101 cm³/mol. The number of aromatic nitrogens is 2. The summed E-state index contributed by atoms with van der Waals surface area (Å²) in [5.41, 5.74) is 4.54. The Morgan fingerprint density at radius 1 is 1.04 bits per heavy atom. The van der Waals surface area contributed by atoms with Crippen molar-refractivity contribution in [1.29, 1.82) is 0 Å². The standard InChI is InChI=1S/C22H18FN3O/c23-20-11-19-12-21(26-22(19)25-13-20)6-5-16-1-3-17(4-2-16)14-27-15-18-7-9-24-10-8-18/h1-4,7-12,20H,13-15H2,(H,25,26). The number of rotatable bonds is 4. The number of alkyl halides is 1. The van der Waals surface area contributed by atoms with Crippen LogP contribution >= 0.6 is 0 Å². The van der Waals surface area contributed by atoms with Crippen LogP contribution in [-0.2, 0) is 18.0 Å². The first-order valence-corrected chi connectivity index (χ1v) is 8.73. The minimum Gasteiger partial charge on any atom is -0.372 e. The molecule has 1 aliphatic rings. The summed E-state index contributed by atoms with van der Waals surface area (Å²) in [5.74, 6) is 6.18. The number of nitrogens with zero attached hydrogens (tertiary/aromatic N) is 2. The molecule has 0 aliphatic carbocycles. The molecule has 0 spiro atoms. The fourth-order valence-electron chi connectivity index (χ4n) is 2.80. The fraction of sp³-hybridized carbons (Fsp3) is 0.182. The highest BCUT2D eigenvalue weighted by molar-refractivity contribution is 5.42. The van der Waals surface area contributed by atoms with Crippen LogP contribution in [0.15, 0.2) is 59.9 Å². The second kappa shape index (κ2) is 7.98. The first kappa shape index (κ1) is 17.2. The number of benzene rings is 1. The first-order chi connectivity index (χ1) is 13.3. The van der Waals surface area contributed by atoms with E-state index < -0.39 is 6.17 Å². The second-order valence-electron chi connectivity index (χ2n) is 6.31. The summed E-state index contributed by atoms with van der Waals surface area (Å²) >= 11 is 0. The Morgan fingerprint density at radius 3 is 2.56 bits per heavy atom. The van der Waals surface area contributed by atoms with Crippen LogP contribution in [0.3, 0.4) is 0 Å². The second-order valence-corrected chi connectivity index (χ2v) is 6.31. The zero-order valence-electron chi connectivity index (χ0n) is 14.7. The number of hydrogen-bond donors (Lipinski definition) is 1. The van der Waals surface area contributed by atoms with Gasteiger partial charge >= 0.3 is 0 Å². The molecule has 0 amide bonds. The third-order valence-corrected chi connectivity index (χ3v) is 4.19. The summed E-state index contributed by atoms with van der Waals surface area (Å²) in [6.45, 7) is 1.27. The molecule has 134 valence electrons. The number of ether oxygens (including phenoxy) is 1. The van der Waals surface area contributed by atoms with Gasteiger partial charge in [0.05, 0.1) is 25.5 Å². The highest BCUT2D eigenvalue weighted by Gasteiger charge is 2.07. The maximum Gasteiger partial charge on any atom is 0.139 e. The molecule has 0 saturated carbocycles. The number of nitrogens with one attached hydrogen (secondary N) is 1. The normalized spacial score (nSPS) is 15.1. The van der Waals surface area contributed by atoms with Crippen LogP contribution in [0.2, 0.25) is 0 Å². The Balaban J connectivity index is 1.38. The highest BCUT2D eigenvalue weighted by atomic mass is 19.1. The van der Waals surface area contributed by atoms with Crippen LogP contribution in [0.1, 0.15) is 22.4 Å². The molecular weight excluding hydrogens is 341 g/mol. The number of halogens is 1. The zero-order chi connectivity index (χ0) is 18.5. The van der Waals surface area contributed by atoms with Gasteiger partial charge in [-0.3, -0.25) is 9.98 Å². The van der Waals surface area contributed by atoms with E-state index in [1.54, 1.807) is 18.5 Å². The molecule has 2 aromatic heterocycles. The van der Waals surface area contributed by atoms with Crippen molar-refractivity contribution in [3.05, 3.63) is 87.9 Å². The van der Waals surface area contributed by atoms with Crippen molar-refractivity contribution < 1.29 is 9.13 Å². The molecule has 0 saturated heterocycles. The zero-order valence-corrected chi connectivity index (χ0v) is 14.7. The maximum atomic E-state index is 13.3. The monoisotopic (exact) mass is 359 g/mol. The van der Waals surface area contributed by atoms with Crippen molar-refractivity contribution in [2.75, 3.05) is 6.54 Å². The lowest BCUT2D eigenvalue weighted by molar-refractivity contribution is 0.107. The van der Waals surface area contributed by atoms with Crippen molar-refractivity contribution in [3.63, 3.8) is 0 Å².